The van der Waals surface area contributed by atoms with E-state index in [0.717, 1.165) is 0 Å². The zero-order valence-corrected chi connectivity index (χ0v) is 7.65. The second-order valence-corrected chi connectivity index (χ2v) is 2.95. The van der Waals surface area contributed by atoms with Crippen molar-refractivity contribution in [2.24, 2.45) is 0 Å². The van der Waals surface area contributed by atoms with Crippen LogP contribution in [-0.4, -0.2) is 7.05 Å². The van der Waals surface area contributed by atoms with Crippen LogP contribution < -0.4 is 5.32 Å². The van der Waals surface area contributed by atoms with Gasteiger partial charge in [0.15, 0.2) is 0 Å². The van der Waals surface area contributed by atoms with E-state index in [1.54, 1.807) is 0 Å². The van der Waals surface area contributed by atoms with E-state index in [1.165, 1.54) is 22.4 Å². The lowest BCUT2D eigenvalue weighted by Gasteiger charge is -2.10. The summed E-state index contributed by atoms with van der Waals surface area (Å²) in [5, 5.41) is 3.20. The summed E-state index contributed by atoms with van der Waals surface area (Å²) >= 11 is 0. The Morgan fingerprint density at radius 1 is 1.00 bits per heavy atom. The van der Waals surface area contributed by atoms with Gasteiger partial charge in [-0.15, -0.1) is 0 Å². The van der Waals surface area contributed by atoms with Crippen LogP contribution in [0.2, 0.25) is 0 Å². The molecular weight excluding hydrogens is 134 g/mol. The van der Waals surface area contributed by atoms with Crippen LogP contribution in [0.15, 0.2) is 12.1 Å². The van der Waals surface area contributed by atoms with E-state index in [0.29, 0.717) is 0 Å². The van der Waals surface area contributed by atoms with Crippen molar-refractivity contribution >= 4 is 5.69 Å². The van der Waals surface area contributed by atoms with Gasteiger partial charge < -0.3 is 5.32 Å². The molecule has 1 nitrogen and oxygen atoms in total. The highest BCUT2D eigenvalue weighted by molar-refractivity contribution is 5.58. The average molecular weight is 149 g/mol. The highest BCUT2D eigenvalue weighted by Gasteiger charge is 2.00. The van der Waals surface area contributed by atoms with Gasteiger partial charge in [0.1, 0.15) is 0 Å². The summed E-state index contributed by atoms with van der Waals surface area (Å²) in [4.78, 5) is 0. The molecule has 0 heterocycles. The lowest BCUT2D eigenvalue weighted by atomic mass is 10.0. The molecule has 0 spiro atoms. The molecule has 0 aliphatic carbocycles. The van der Waals surface area contributed by atoms with E-state index in [9.17, 15) is 0 Å². The minimum atomic E-state index is 1.27. The number of rotatable bonds is 1. The molecular formula is C10H15N. The van der Waals surface area contributed by atoms with Crippen LogP contribution in [0.3, 0.4) is 0 Å². The molecule has 0 atom stereocenters. The molecule has 0 aliphatic rings. The molecule has 1 aromatic carbocycles. The molecule has 0 fully saturated rings. The molecule has 0 unspecified atom stereocenters. The predicted molar refractivity (Wildman–Crippen MR) is 50.2 cm³/mol. The summed E-state index contributed by atoms with van der Waals surface area (Å²) in [7, 11) is 1.97. The largest absolute Gasteiger partial charge is 0.388 e. The highest BCUT2D eigenvalue weighted by atomic mass is 14.8. The van der Waals surface area contributed by atoms with Crippen molar-refractivity contribution in [3.63, 3.8) is 0 Å². The zero-order valence-electron chi connectivity index (χ0n) is 7.65. The Kier molecular flexibility index (Phi) is 2.18. The summed E-state index contributed by atoms with van der Waals surface area (Å²) in [5.74, 6) is 0. The van der Waals surface area contributed by atoms with Crippen LogP contribution in [-0.2, 0) is 0 Å². The van der Waals surface area contributed by atoms with Gasteiger partial charge in [-0.1, -0.05) is 12.1 Å². The Morgan fingerprint density at radius 2 is 1.55 bits per heavy atom. The minimum Gasteiger partial charge on any atom is -0.388 e. The molecule has 0 aliphatic heterocycles. The van der Waals surface area contributed by atoms with Gasteiger partial charge in [0.05, 0.1) is 0 Å². The maximum atomic E-state index is 3.20. The topological polar surface area (TPSA) is 12.0 Å². The molecule has 0 radical (unpaired) electrons. The molecule has 0 saturated carbocycles. The Morgan fingerprint density at radius 3 is 2.00 bits per heavy atom. The predicted octanol–water partition coefficient (Wildman–Crippen LogP) is 2.65. The van der Waals surface area contributed by atoms with Crippen LogP contribution in [0.4, 0.5) is 5.69 Å². The third-order valence-electron chi connectivity index (χ3n) is 2.19. The summed E-state index contributed by atoms with van der Waals surface area (Å²) in [6, 6.07) is 4.31. The molecule has 60 valence electrons. The van der Waals surface area contributed by atoms with Crippen LogP contribution in [0, 0.1) is 20.8 Å². The van der Waals surface area contributed by atoms with E-state index < -0.39 is 0 Å². The molecule has 0 saturated heterocycles. The fourth-order valence-electron chi connectivity index (χ4n) is 1.34. The van der Waals surface area contributed by atoms with Crippen molar-refractivity contribution in [3.8, 4) is 0 Å². The third kappa shape index (κ3) is 1.37. The standard InChI is InChI=1S/C10H15N/c1-7-5-6-8(2)10(11-4)9(7)3/h5-6,11H,1-4H3. The Hall–Kier alpha value is -0.980. The second-order valence-electron chi connectivity index (χ2n) is 2.95. The Balaban J connectivity index is 3.29. The van der Waals surface area contributed by atoms with E-state index in [-0.39, 0.29) is 0 Å². The van der Waals surface area contributed by atoms with Gasteiger partial charge in [-0.3, -0.25) is 0 Å². The lowest BCUT2D eigenvalue weighted by molar-refractivity contribution is 1.28. The van der Waals surface area contributed by atoms with Crippen molar-refractivity contribution in [2.45, 2.75) is 20.8 Å². The van der Waals surface area contributed by atoms with Crippen molar-refractivity contribution in [2.75, 3.05) is 12.4 Å². The van der Waals surface area contributed by atoms with Crippen molar-refractivity contribution < 1.29 is 0 Å². The quantitative estimate of drug-likeness (QED) is 0.647. The Bertz CT molecular complexity index is 264. The SMILES string of the molecule is CNc1c(C)ccc(C)c1C. The van der Waals surface area contributed by atoms with Crippen molar-refractivity contribution in [1.29, 1.82) is 0 Å². The molecule has 1 rings (SSSR count). The lowest BCUT2D eigenvalue weighted by Crippen LogP contribution is -1.96. The van der Waals surface area contributed by atoms with Gasteiger partial charge in [-0.05, 0) is 37.5 Å². The zero-order chi connectivity index (χ0) is 8.43. The second kappa shape index (κ2) is 2.95. The molecule has 0 amide bonds. The summed E-state index contributed by atoms with van der Waals surface area (Å²) in [6.45, 7) is 6.40. The van der Waals surface area contributed by atoms with Gasteiger partial charge in [-0.25, -0.2) is 0 Å². The summed E-state index contributed by atoms with van der Waals surface area (Å²) in [5.41, 5.74) is 5.29. The van der Waals surface area contributed by atoms with Crippen LogP contribution in [0.1, 0.15) is 16.7 Å². The van der Waals surface area contributed by atoms with E-state index in [4.69, 9.17) is 0 Å². The van der Waals surface area contributed by atoms with Crippen molar-refractivity contribution in [3.05, 3.63) is 28.8 Å². The summed E-state index contributed by atoms with van der Waals surface area (Å²) in [6.07, 6.45) is 0. The van der Waals surface area contributed by atoms with Gasteiger partial charge >= 0.3 is 0 Å². The van der Waals surface area contributed by atoms with Crippen LogP contribution in [0.25, 0.3) is 0 Å². The highest BCUT2D eigenvalue weighted by Crippen LogP contribution is 2.21. The first-order valence-electron chi connectivity index (χ1n) is 3.91. The molecule has 0 bridgehead atoms. The minimum absolute atomic E-state index is 1.27. The molecule has 1 N–H and O–H groups in total. The third-order valence-corrected chi connectivity index (χ3v) is 2.19. The first-order valence-corrected chi connectivity index (χ1v) is 3.91. The molecule has 0 aromatic heterocycles. The average Bonchev–Trinajstić information content (AvgIpc) is 1.99. The van der Waals surface area contributed by atoms with Gasteiger partial charge in [0, 0.05) is 12.7 Å². The number of nitrogens with one attached hydrogen (secondary N) is 1. The van der Waals surface area contributed by atoms with Gasteiger partial charge in [0.2, 0.25) is 0 Å². The van der Waals surface area contributed by atoms with Crippen LogP contribution in [0.5, 0.6) is 0 Å². The van der Waals surface area contributed by atoms with Gasteiger partial charge in [0.25, 0.3) is 0 Å². The number of benzene rings is 1. The first kappa shape index (κ1) is 8.12. The van der Waals surface area contributed by atoms with E-state index in [2.05, 4.69) is 38.2 Å². The first-order chi connectivity index (χ1) is 5.16. The van der Waals surface area contributed by atoms with Crippen molar-refractivity contribution in [1.82, 2.24) is 0 Å². The number of hydrogen-bond donors (Lipinski definition) is 1. The van der Waals surface area contributed by atoms with Gasteiger partial charge in [-0.2, -0.15) is 0 Å². The monoisotopic (exact) mass is 149 g/mol. The maximum absolute atomic E-state index is 3.20. The summed E-state index contributed by atoms with van der Waals surface area (Å²) < 4.78 is 0. The normalized spacial score (nSPS) is 9.82. The van der Waals surface area contributed by atoms with E-state index >= 15 is 0 Å². The number of aryl methyl sites for hydroxylation is 2. The Labute approximate surface area is 68.4 Å². The molecule has 11 heavy (non-hydrogen) atoms. The molecule has 1 aromatic rings. The number of anilines is 1. The fourth-order valence-corrected chi connectivity index (χ4v) is 1.34. The van der Waals surface area contributed by atoms with Crippen LogP contribution >= 0.6 is 0 Å². The van der Waals surface area contributed by atoms with E-state index in [1.807, 2.05) is 7.05 Å². The number of hydrogen-bond acceptors (Lipinski definition) is 1. The molecule has 1 heteroatoms. The smallest absolute Gasteiger partial charge is 0.0399 e. The maximum Gasteiger partial charge on any atom is 0.0399 e. The fraction of sp³-hybridized carbons (Fsp3) is 0.400.